The van der Waals surface area contributed by atoms with Crippen molar-refractivity contribution in [3.05, 3.63) is 100 Å². The molecule has 0 radical (unpaired) electrons. The van der Waals surface area contributed by atoms with E-state index in [0.717, 1.165) is 32.7 Å². The highest BCUT2D eigenvalue weighted by Gasteiger charge is 2.60. The van der Waals surface area contributed by atoms with E-state index in [-0.39, 0.29) is 18.1 Å². The molecule has 1 fully saturated rings. The van der Waals surface area contributed by atoms with Crippen molar-refractivity contribution in [2.45, 2.75) is 44.1 Å². The maximum atomic E-state index is 14.2. The van der Waals surface area contributed by atoms with E-state index in [1.165, 1.54) is 0 Å². The number of benzene rings is 3. The van der Waals surface area contributed by atoms with Crippen LogP contribution in [0.1, 0.15) is 55.2 Å². The quantitative estimate of drug-likeness (QED) is 0.391. The molecule has 2 aliphatic rings. The van der Waals surface area contributed by atoms with Gasteiger partial charge in [-0.2, -0.15) is 0 Å². The smallest absolute Gasteiger partial charge is 0.259 e. The summed E-state index contributed by atoms with van der Waals surface area (Å²) in [6.07, 6.45) is -0.260. The Kier molecular flexibility index (Phi) is 6.04. The molecule has 1 saturated heterocycles. The molecular formula is C28H27BrN2O3. The standard InChI is InChI=1S/C28H27BrN2O3/c1-18(20-7-5-4-6-8-20)31-19(2)30-28(27(31)32)17-25(21-11-15-24(33-3)16-12-21)34-26(28)22-9-13-23(29)14-10-22/h4-16,18,25-26H,17H2,1-3H3/t18-,25+,26+,28-/m0/s1. The molecule has 0 N–H and O–H groups in total. The van der Waals surface area contributed by atoms with Crippen molar-refractivity contribution in [1.82, 2.24) is 4.90 Å². The van der Waals surface area contributed by atoms with Gasteiger partial charge < -0.3 is 9.47 Å². The first kappa shape index (κ1) is 22.8. The summed E-state index contributed by atoms with van der Waals surface area (Å²) in [5.74, 6) is 1.50. The fourth-order valence-electron chi connectivity index (χ4n) is 5.11. The zero-order valence-corrected chi connectivity index (χ0v) is 21.0. The number of rotatable bonds is 5. The van der Waals surface area contributed by atoms with E-state index in [4.69, 9.17) is 14.5 Å². The summed E-state index contributed by atoms with van der Waals surface area (Å²) >= 11 is 3.51. The fourth-order valence-corrected chi connectivity index (χ4v) is 5.37. The van der Waals surface area contributed by atoms with E-state index in [0.29, 0.717) is 6.42 Å². The summed E-state index contributed by atoms with van der Waals surface area (Å²) in [5.41, 5.74) is 2.02. The second-order valence-corrected chi connectivity index (χ2v) is 9.79. The molecule has 5 rings (SSSR count). The molecule has 0 unspecified atom stereocenters. The van der Waals surface area contributed by atoms with E-state index in [9.17, 15) is 4.79 Å². The van der Waals surface area contributed by atoms with Crippen molar-refractivity contribution in [3.8, 4) is 5.75 Å². The number of hydrogen-bond donors (Lipinski definition) is 0. The van der Waals surface area contributed by atoms with Crippen LogP contribution in [0.5, 0.6) is 5.75 Å². The third-order valence-corrected chi connectivity index (χ3v) is 7.39. The molecule has 1 amide bonds. The molecule has 2 aliphatic heterocycles. The molecule has 3 aromatic rings. The topological polar surface area (TPSA) is 51.1 Å². The van der Waals surface area contributed by atoms with Crippen LogP contribution >= 0.6 is 15.9 Å². The average molecular weight is 519 g/mol. The molecule has 0 aliphatic carbocycles. The number of halogens is 1. The second-order valence-electron chi connectivity index (χ2n) is 8.88. The van der Waals surface area contributed by atoms with Crippen molar-refractivity contribution >= 4 is 27.7 Å². The Bertz CT molecular complexity index is 1210. The Morgan fingerprint density at radius 2 is 1.68 bits per heavy atom. The molecule has 34 heavy (non-hydrogen) atoms. The van der Waals surface area contributed by atoms with Gasteiger partial charge in [-0.15, -0.1) is 0 Å². The predicted molar refractivity (Wildman–Crippen MR) is 136 cm³/mol. The van der Waals surface area contributed by atoms with Crippen LogP contribution in [0, 0.1) is 0 Å². The largest absolute Gasteiger partial charge is 0.497 e. The summed E-state index contributed by atoms with van der Waals surface area (Å²) in [4.78, 5) is 21.1. The number of amides is 1. The molecule has 5 nitrogen and oxygen atoms in total. The van der Waals surface area contributed by atoms with Gasteiger partial charge in [-0.3, -0.25) is 14.7 Å². The van der Waals surface area contributed by atoms with Gasteiger partial charge in [0.15, 0.2) is 5.54 Å². The van der Waals surface area contributed by atoms with Gasteiger partial charge >= 0.3 is 0 Å². The van der Waals surface area contributed by atoms with E-state index >= 15 is 0 Å². The molecule has 6 heteroatoms. The molecule has 3 aromatic carbocycles. The fraction of sp³-hybridized carbons (Fsp3) is 0.286. The lowest BCUT2D eigenvalue weighted by atomic mass is 9.84. The van der Waals surface area contributed by atoms with Crippen LogP contribution < -0.4 is 4.74 Å². The van der Waals surface area contributed by atoms with Crippen LogP contribution in [0.3, 0.4) is 0 Å². The summed E-state index contributed by atoms with van der Waals surface area (Å²) in [6.45, 7) is 3.97. The Morgan fingerprint density at radius 1 is 1.03 bits per heavy atom. The van der Waals surface area contributed by atoms with Gasteiger partial charge in [0.05, 0.1) is 19.3 Å². The van der Waals surface area contributed by atoms with E-state index < -0.39 is 11.6 Å². The van der Waals surface area contributed by atoms with Crippen molar-refractivity contribution in [2.75, 3.05) is 7.11 Å². The minimum absolute atomic E-state index is 0.00900. The third kappa shape index (κ3) is 3.85. The van der Waals surface area contributed by atoms with Crippen LogP contribution in [-0.4, -0.2) is 29.3 Å². The lowest BCUT2D eigenvalue weighted by Gasteiger charge is -2.30. The molecule has 1 spiro atoms. The van der Waals surface area contributed by atoms with E-state index in [1.807, 2.05) is 90.7 Å². The van der Waals surface area contributed by atoms with Gasteiger partial charge in [0.1, 0.15) is 17.7 Å². The number of carbonyl (C=O) groups is 1. The molecule has 0 aromatic heterocycles. The Balaban J connectivity index is 1.54. The average Bonchev–Trinajstić information content (AvgIpc) is 3.36. The van der Waals surface area contributed by atoms with E-state index in [1.54, 1.807) is 7.11 Å². The number of aliphatic imine (C=N–C) groups is 1. The first-order valence-electron chi connectivity index (χ1n) is 11.4. The number of methoxy groups -OCH3 is 1. The highest BCUT2D eigenvalue weighted by Crippen LogP contribution is 2.53. The summed E-state index contributed by atoms with van der Waals surface area (Å²) in [5, 5.41) is 0. The summed E-state index contributed by atoms with van der Waals surface area (Å²) in [7, 11) is 1.65. The van der Waals surface area contributed by atoms with Crippen molar-refractivity contribution in [1.29, 1.82) is 0 Å². The SMILES string of the molecule is COc1ccc([C@H]2C[C@]3(N=C(C)N([C@@H](C)c4ccccc4)C3=O)[C@@H](c3ccc(Br)cc3)O2)cc1. The highest BCUT2D eigenvalue weighted by molar-refractivity contribution is 9.10. The van der Waals surface area contributed by atoms with Gasteiger partial charge in [0.2, 0.25) is 0 Å². The molecule has 4 atom stereocenters. The van der Waals surface area contributed by atoms with Crippen molar-refractivity contribution in [2.24, 2.45) is 4.99 Å². The molecular weight excluding hydrogens is 492 g/mol. The van der Waals surface area contributed by atoms with Gasteiger partial charge in [-0.05, 0) is 54.8 Å². The van der Waals surface area contributed by atoms with Crippen LogP contribution in [-0.2, 0) is 9.53 Å². The lowest BCUT2D eigenvalue weighted by molar-refractivity contribution is -0.134. The molecule has 2 heterocycles. The Morgan fingerprint density at radius 3 is 2.32 bits per heavy atom. The van der Waals surface area contributed by atoms with Crippen LogP contribution in [0.15, 0.2) is 88.3 Å². The highest BCUT2D eigenvalue weighted by atomic mass is 79.9. The number of amidine groups is 1. The Hall–Kier alpha value is -2.96. The second kappa shape index (κ2) is 9.01. The monoisotopic (exact) mass is 518 g/mol. The van der Waals surface area contributed by atoms with Gasteiger partial charge in [0.25, 0.3) is 5.91 Å². The molecule has 174 valence electrons. The zero-order chi connectivity index (χ0) is 23.9. The van der Waals surface area contributed by atoms with Crippen molar-refractivity contribution in [3.63, 3.8) is 0 Å². The van der Waals surface area contributed by atoms with Crippen LogP contribution in [0.25, 0.3) is 0 Å². The molecule has 0 saturated carbocycles. The van der Waals surface area contributed by atoms with Crippen molar-refractivity contribution < 1.29 is 14.3 Å². The minimum atomic E-state index is -1.01. The van der Waals surface area contributed by atoms with Gasteiger partial charge in [-0.1, -0.05) is 70.5 Å². The first-order chi connectivity index (χ1) is 16.4. The summed E-state index contributed by atoms with van der Waals surface area (Å²) in [6, 6.07) is 25.8. The number of nitrogens with zero attached hydrogens (tertiary/aromatic N) is 2. The minimum Gasteiger partial charge on any atom is -0.497 e. The van der Waals surface area contributed by atoms with Crippen LogP contribution in [0.2, 0.25) is 0 Å². The predicted octanol–water partition coefficient (Wildman–Crippen LogP) is 6.42. The van der Waals surface area contributed by atoms with Gasteiger partial charge in [0, 0.05) is 10.9 Å². The molecule has 0 bridgehead atoms. The van der Waals surface area contributed by atoms with Gasteiger partial charge in [-0.25, -0.2) is 0 Å². The third-order valence-electron chi connectivity index (χ3n) is 6.86. The Labute approximate surface area is 208 Å². The number of hydrogen-bond acceptors (Lipinski definition) is 4. The maximum Gasteiger partial charge on any atom is 0.259 e. The lowest BCUT2D eigenvalue weighted by Crippen LogP contribution is -2.45. The normalized spacial score (nSPS) is 25.0. The maximum absolute atomic E-state index is 14.2. The number of carbonyl (C=O) groups excluding carboxylic acids is 1. The first-order valence-corrected chi connectivity index (χ1v) is 12.2. The summed E-state index contributed by atoms with van der Waals surface area (Å²) < 4.78 is 12.9. The zero-order valence-electron chi connectivity index (χ0n) is 19.4. The van der Waals surface area contributed by atoms with Crippen LogP contribution in [0.4, 0.5) is 0 Å². The number of ether oxygens (including phenoxy) is 2. The van der Waals surface area contributed by atoms with E-state index in [2.05, 4.69) is 22.9 Å².